The number of benzene rings is 5. The lowest BCUT2D eigenvalue weighted by Gasteiger charge is -2.11. The molecular weight excluding hydrogens is 577 g/mol. The lowest BCUT2D eigenvalue weighted by molar-refractivity contribution is 1.02. The molecule has 4 nitrogen and oxygen atoms in total. The van der Waals surface area contributed by atoms with E-state index in [4.69, 9.17) is 9.97 Å². The first-order valence-electron chi connectivity index (χ1n) is 14.6. The predicted molar refractivity (Wildman–Crippen MR) is 187 cm³/mol. The predicted octanol–water partition coefficient (Wildman–Crippen LogP) is 10.8. The minimum Gasteiger partial charge on any atom is -0.316 e. The molecule has 0 radical (unpaired) electrons. The van der Waals surface area contributed by atoms with Gasteiger partial charge in [0.15, 0.2) is 0 Å². The van der Waals surface area contributed by atoms with E-state index >= 15 is 0 Å². The van der Waals surface area contributed by atoms with Crippen LogP contribution in [-0.4, -0.2) is 19.1 Å². The second-order valence-electron chi connectivity index (χ2n) is 11.1. The van der Waals surface area contributed by atoms with E-state index in [1.807, 2.05) is 11.3 Å². The molecular formula is C38H22N4S2. The molecule has 0 saturated heterocycles. The maximum atomic E-state index is 5.44. The van der Waals surface area contributed by atoms with E-state index in [1.54, 1.807) is 11.3 Å². The van der Waals surface area contributed by atoms with Gasteiger partial charge in [0.05, 0.1) is 32.5 Å². The van der Waals surface area contributed by atoms with E-state index < -0.39 is 0 Å². The summed E-state index contributed by atoms with van der Waals surface area (Å²) >= 11 is 3.55. The van der Waals surface area contributed by atoms with E-state index in [1.165, 1.54) is 36.3 Å². The van der Waals surface area contributed by atoms with Gasteiger partial charge in [-0.25, -0.2) is 9.97 Å². The molecule has 0 unspecified atom stereocenters. The summed E-state index contributed by atoms with van der Waals surface area (Å²) in [7, 11) is 0. The van der Waals surface area contributed by atoms with Gasteiger partial charge in [0.25, 0.3) is 0 Å². The second kappa shape index (κ2) is 9.10. The summed E-state index contributed by atoms with van der Waals surface area (Å²) < 4.78 is 8.19. The van der Waals surface area contributed by atoms with E-state index in [9.17, 15) is 0 Å². The molecule has 10 rings (SSSR count). The van der Waals surface area contributed by atoms with Crippen LogP contribution >= 0.6 is 22.7 Å². The smallest absolute Gasteiger partial charge is 0.235 e. The van der Waals surface area contributed by atoms with Crippen molar-refractivity contribution in [3.05, 3.63) is 133 Å². The Morgan fingerprint density at radius 3 is 2.30 bits per heavy atom. The van der Waals surface area contributed by atoms with Crippen LogP contribution in [0.3, 0.4) is 0 Å². The van der Waals surface area contributed by atoms with Crippen molar-refractivity contribution < 1.29 is 0 Å². The number of para-hydroxylation sites is 2. The van der Waals surface area contributed by atoms with E-state index in [2.05, 4.69) is 142 Å². The third-order valence-corrected chi connectivity index (χ3v) is 10.8. The summed E-state index contributed by atoms with van der Waals surface area (Å²) in [5.41, 5.74) is 7.62. The SMILES string of the molecule is c1ccc(-n2ccc3c2ccc2c4ccccc4n(-c4nc(-c5cccc6c5sc5ccccc56)c5sccc5n4)c23)cc1. The van der Waals surface area contributed by atoms with Gasteiger partial charge in [-0.15, -0.1) is 22.7 Å². The van der Waals surface area contributed by atoms with Gasteiger partial charge in [0.1, 0.15) is 0 Å². The molecule has 0 aliphatic rings. The molecule has 6 heteroatoms. The fourth-order valence-corrected chi connectivity index (χ4v) is 8.82. The second-order valence-corrected chi connectivity index (χ2v) is 13.0. The lowest BCUT2D eigenvalue weighted by atomic mass is 10.1. The highest BCUT2D eigenvalue weighted by Crippen LogP contribution is 2.43. The quantitative estimate of drug-likeness (QED) is 0.203. The van der Waals surface area contributed by atoms with Crippen LogP contribution in [0.5, 0.6) is 0 Å². The summed E-state index contributed by atoms with van der Waals surface area (Å²) in [6, 6.07) is 43.2. The van der Waals surface area contributed by atoms with Crippen molar-refractivity contribution in [2.24, 2.45) is 0 Å². The molecule has 0 atom stereocenters. The van der Waals surface area contributed by atoms with Gasteiger partial charge in [0.2, 0.25) is 5.95 Å². The minimum atomic E-state index is 0.690. The molecule has 0 aliphatic carbocycles. The van der Waals surface area contributed by atoms with E-state index in [-0.39, 0.29) is 0 Å². The Labute approximate surface area is 259 Å². The molecule has 44 heavy (non-hydrogen) atoms. The Kier molecular flexibility index (Phi) is 5.00. The van der Waals surface area contributed by atoms with Crippen LogP contribution in [0.25, 0.3) is 86.0 Å². The molecule has 0 N–H and O–H groups in total. The van der Waals surface area contributed by atoms with Crippen LogP contribution in [0.2, 0.25) is 0 Å². The Morgan fingerprint density at radius 2 is 1.36 bits per heavy atom. The van der Waals surface area contributed by atoms with Crippen LogP contribution in [0.15, 0.2) is 133 Å². The zero-order valence-electron chi connectivity index (χ0n) is 23.3. The van der Waals surface area contributed by atoms with Crippen molar-refractivity contribution in [2.75, 3.05) is 0 Å². The summed E-state index contributed by atoms with van der Waals surface area (Å²) in [4.78, 5) is 10.7. The number of rotatable bonds is 3. The zero-order valence-corrected chi connectivity index (χ0v) is 24.9. The van der Waals surface area contributed by atoms with Crippen LogP contribution in [0.1, 0.15) is 0 Å². The van der Waals surface area contributed by atoms with Gasteiger partial charge >= 0.3 is 0 Å². The first-order valence-corrected chi connectivity index (χ1v) is 16.3. The highest BCUT2D eigenvalue weighted by Gasteiger charge is 2.21. The van der Waals surface area contributed by atoms with Crippen LogP contribution in [0.4, 0.5) is 0 Å². The molecule has 0 bridgehead atoms. The number of aromatic nitrogens is 4. The molecule has 5 heterocycles. The van der Waals surface area contributed by atoms with Gasteiger partial charge < -0.3 is 4.57 Å². The number of fused-ring (bicyclic) bond motifs is 9. The van der Waals surface area contributed by atoms with Crippen molar-refractivity contribution in [1.82, 2.24) is 19.1 Å². The average molecular weight is 599 g/mol. The topological polar surface area (TPSA) is 35.6 Å². The van der Waals surface area contributed by atoms with Crippen molar-refractivity contribution in [3.8, 4) is 22.9 Å². The molecule has 5 aromatic heterocycles. The summed E-state index contributed by atoms with van der Waals surface area (Å²) in [5, 5.41) is 8.25. The van der Waals surface area contributed by atoms with Crippen LogP contribution < -0.4 is 0 Å². The fraction of sp³-hybridized carbons (Fsp3) is 0. The summed E-state index contributed by atoms with van der Waals surface area (Å²) in [6.07, 6.45) is 2.16. The lowest BCUT2D eigenvalue weighted by Crippen LogP contribution is -2.03. The average Bonchev–Trinajstić information content (AvgIpc) is 3.87. The minimum absolute atomic E-state index is 0.690. The Bertz CT molecular complexity index is 2730. The maximum Gasteiger partial charge on any atom is 0.235 e. The molecule has 0 spiro atoms. The molecule has 0 saturated carbocycles. The molecule has 206 valence electrons. The van der Waals surface area contributed by atoms with E-state index in [0.29, 0.717) is 5.95 Å². The number of hydrogen-bond acceptors (Lipinski definition) is 4. The fourth-order valence-electron chi connectivity index (χ4n) is 6.77. The first kappa shape index (κ1) is 24.2. The maximum absolute atomic E-state index is 5.44. The Hall–Kier alpha value is -5.30. The van der Waals surface area contributed by atoms with Gasteiger partial charge in [-0.3, -0.25) is 4.57 Å². The largest absolute Gasteiger partial charge is 0.316 e. The molecule has 10 aromatic rings. The Morgan fingerprint density at radius 1 is 0.545 bits per heavy atom. The van der Waals surface area contributed by atoms with E-state index in [0.717, 1.165) is 43.7 Å². The van der Waals surface area contributed by atoms with Crippen molar-refractivity contribution in [2.45, 2.75) is 0 Å². The third kappa shape index (κ3) is 3.32. The summed E-state index contributed by atoms with van der Waals surface area (Å²) in [5.74, 6) is 0.690. The highest BCUT2D eigenvalue weighted by molar-refractivity contribution is 7.26. The molecule has 0 amide bonds. The highest BCUT2D eigenvalue weighted by atomic mass is 32.1. The van der Waals surface area contributed by atoms with Crippen molar-refractivity contribution in [1.29, 1.82) is 0 Å². The normalized spacial score (nSPS) is 12.1. The monoisotopic (exact) mass is 598 g/mol. The summed E-state index contributed by atoms with van der Waals surface area (Å²) in [6.45, 7) is 0. The molecule has 0 aliphatic heterocycles. The van der Waals surface area contributed by atoms with Gasteiger partial charge in [-0.1, -0.05) is 78.9 Å². The van der Waals surface area contributed by atoms with Gasteiger partial charge in [-0.05, 0) is 47.8 Å². The zero-order chi connectivity index (χ0) is 28.8. The first-order chi connectivity index (χ1) is 21.8. The van der Waals surface area contributed by atoms with Crippen molar-refractivity contribution in [3.63, 3.8) is 0 Å². The number of thiophene rings is 2. The number of nitrogens with zero attached hydrogens (tertiary/aromatic N) is 4. The Balaban J connectivity index is 1.31. The van der Waals surface area contributed by atoms with Crippen LogP contribution in [0, 0.1) is 0 Å². The number of hydrogen-bond donors (Lipinski definition) is 0. The van der Waals surface area contributed by atoms with Crippen LogP contribution in [-0.2, 0) is 0 Å². The molecule has 5 aromatic carbocycles. The third-order valence-electron chi connectivity index (χ3n) is 8.69. The standard InChI is InChI=1S/C38H22N4S2/c1-2-9-23(10-3-1)41-21-19-28-31(41)18-17-26-24-11-4-6-15-32(24)42(35(26)28)38-39-30-20-22-43-37(30)34(40-38)29-14-8-13-27-25-12-5-7-16-33(25)44-36(27)29/h1-22H. The van der Waals surface area contributed by atoms with Crippen molar-refractivity contribution >= 4 is 85.8 Å². The van der Waals surface area contributed by atoms with Gasteiger partial charge in [0, 0.05) is 53.8 Å². The van der Waals surface area contributed by atoms with Gasteiger partial charge in [-0.2, -0.15) is 0 Å². The molecule has 0 fully saturated rings.